The Kier molecular flexibility index (Phi) is 6.06. The summed E-state index contributed by atoms with van der Waals surface area (Å²) in [4.78, 5) is 37.2. The summed E-state index contributed by atoms with van der Waals surface area (Å²) in [7, 11) is 0. The van der Waals surface area contributed by atoms with Crippen molar-refractivity contribution in [1.82, 2.24) is 14.9 Å². The van der Waals surface area contributed by atoms with E-state index in [9.17, 15) is 19.1 Å². The molecule has 1 fully saturated rings. The molecule has 4 rings (SSSR count). The van der Waals surface area contributed by atoms with E-state index in [4.69, 9.17) is 0 Å². The summed E-state index contributed by atoms with van der Waals surface area (Å²) in [6.07, 6.45) is 3.21. The molecule has 1 atom stereocenters. The number of amides is 2. The van der Waals surface area contributed by atoms with Gasteiger partial charge in [0.1, 0.15) is 5.82 Å². The number of hydrogen-bond acceptors (Lipinski definition) is 6. The van der Waals surface area contributed by atoms with Gasteiger partial charge in [0.25, 0.3) is 0 Å². The van der Waals surface area contributed by atoms with Gasteiger partial charge < -0.3 is 10.0 Å². The monoisotopic (exact) mass is 440 g/mol. The molecule has 0 saturated carbocycles. The minimum atomic E-state index is -1.07. The lowest BCUT2D eigenvalue weighted by Gasteiger charge is -2.17. The Labute approximate surface area is 182 Å². The van der Waals surface area contributed by atoms with Crippen molar-refractivity contribution < 1.29 is 19.1 Å². The fourth-order valence-corrected chi connectivity index (χ4v) is 4.52. The van der Waals surface area contributed by atoms with Crippen molar-refractivity contribution >= 4 is 28.3 Å². The van der Waals surface area contributed by atoms with Crippen LogP contribution in [0.3, 0.4) is 0 Å². The second-order valence-corrected chi connectivity index (χ2v) is 8.31. The summed E-state index contributed by atoms with van der Waals surface area (Å²) in [5.74, 6) is -0.411. The molecule has 7 nitrogen and oxygen atoms in total. The average molecular weight is 441 g/mol. The quantitative estimate of drug-likeness (QED) is 0.568. The van der Waals surface area contributed by atoms with Gasteiger partial charge in [-0.1, -0.05) is 29.5 Å². The first-order valence-corrected chi connectivity index (χ1v) is 10.6. The number of aromatic nitrogens is 2. The molecule has 1 N–H and O–H groups in total. The van der Waals surface area contributed by atoms with Crippen LogP contribution in [0.4, 0.5) is 14.3 Å². The normalized spacial score (nSPS) is 16.2. The molecule has 9 heteroatoms. The second-order valence-electron chi connectivity index (χ2n) is 7.34. The molecule has 1 aliphatic heterocycles. The second kappa shape index (κ2) is 8.91. The fraction of sp³-hybridized carbons (Fsp3) is 0.273. The molecule has 1 saturated heterocycles. The summed E-state index contributed by atoms with van der Waals surface area (Å²) >= 11 is 1.11. The van der Waals surface area contributed by atoms with Crippen LogP contribution in [0.5, 0.6) is 0 Å². The number of aliphatic hydroxyl groups is 1. The van der Waals surface area contributed by atoms with Gasteiger partial charge in [-0.15, -0.1) is 0 Å². The summed E-state index contributed by atoms with van der Waals surface area (Å²) in [6.45, 7) is 2.06. The number of pyridine rings is 1. The van der Waals surface area contributed by atoms with Crippen LogP contribution in [-0.4, -0.2) is 44.6 Å². The zero-order valence-electron chi connectivity index (χ0n) is 16.9. The molecule has 160 valence electrons. The van der Waals surface area contributed by atoms with Crippen molar-refractivity contribution in [3.05, 3.63) is 76.3 Å². The maximum Gasteiger partial charge on any atom is 0.328 e. The highest BCUT2D eigenvalue weighted by Crippen LogP contribution is 2.32. The molecule has 1 aromatic carbocycles. The molecule has 2 aromatic heterocycles. The number of anilines is 1. The number of nitrogens with zero attached hydrogens (tertiary/aromatic N) is 4. The fourth-order valence-electron chi connectivity index (χ4n) is 3.45. The predicted octanol–water partition coefficient (Wildman–Crippen LogP) is 3.56. The third kappa shape index (κ3) is 4.62. The lowest BCUT2D eigenvalue weighted by molar-refractivity contribution is 0.0986. The minimum Gasteiger partial charge on any atom is -0.371 e. The van der Waals surface area contributed by atoms with Gasteiger partial charge in [0.2, 0.25) is 0 Å². The zero-order chi connectivity index (χ0) is 22.0. The number of thiazole rings is 1. The summed E-state index contributed by atoms with van der Waals surface area (Å²) in [5.41, 5.74) is 2.26. The van der Waals surface area contributed by atoms with Crippen LogP contribution in [0.25, 0.3) is 0 Å². The van der Waals surface area contributed by atoms with Gasteiger partial charge in [-0.2, -0.15) is 0 Å². The third-order valence-corrected chi connectivity index (χ3v) is 6.25. The van der Waals surface area contributed by atoms with Crippen LogP contribution in [0, 0.1) is 12.7 Å². The van der Waals surface area contributed by atoms with Crippen molar-refractivity contribution in [1.29, 1.82) is 0 Å². The average Bonchev–Trinajstić information content (AvgIpc) is 3.27. The maximum atomic E-state index is 13.1. The number of ketones is 1. The molecule has 1 aliphatic rings. The van der Waals surface area contributed by atoms with E-state index in [1.165, 1.54) is 21.9 Å². The van der Waals surface area contributed by atoms with Crippen molar-refractivity contribution in [2.24, 2.45) is 0 Å². The molecule has 1 unspecified atom stereocenters. The lowest BCUT2D eigenvalue weighted by Crippen LogP contribution is -2.34. The van der Waals surface area contributed by atoms with E-state index in [0.717, 1.165) is 22.5 Å². The number of rotatable bonds is 7. The standard InChI is InChI=1S/C22H21FN4O3S/c1-14-20(18(28)9-6-15-3-2-10-24-11-15)31-21(25-14)27-19(29)13-26(22(27)30)12-16-4-7-17(23)8-5-16/h2-5,7-8,10-11,19,29H,6,9,12-13H2,1H3. The van der Waals surface area contributed by atoms with Gasteiger partial charge in [-0.3, -0.25) is 9.78 Å². The van der Waals surface area contributed by atoms with Gasteiger partial charge >= 0.3 is 6.03 Å². The SMILES string of the molecule is Cc1nc(N2C(=O)N(Cc3ccc(F)cc3)CC2O)sc1C(=O)CCc1cccnc1. The topological polar surface area (TPSA) is 86.6 Å². The molecule has 3 heterocycles. The smallest absolute Gasteiger partial charge is 0.328 e. The molecule has 3 aromatic rings. The largest absolute Gasteiger partial charge is 0.371 e. The Bertz CT molecular complexity index is 1090. The van der Waals surface area contributed by atoms with Crippen LogP contribution >= 0.6 is 11.3 Å². The first-order chi connectivity index (χ1) is 14.9. The number of urea groups is 1. The molecule has 0 radical (unpaired) electrons. The highest BCUT2D eigenvalue weighted by molar-refractivity contribution is 7.17. The molecule has 0 bridgehead atoms. The number of aryl methyl sites for hydroxylation is 2. The summed E-state index contributed by atoms with van der Waals surface area (Å²) < 4.78 is 13.1. The summed E-state index contributed by atoms with van der Waals surface area (Å²) in [6, 6.07) is 9.21. The number of β-amino-alcohol motifs (C(OH)–C–C–N with tert-alkyl or cyclic N) is 1. The van der Waals surface area contributed by atoms with E-state index in [2.05, 4.69) is 9.97 Å². The molecule has 0 spiro atoms. The highest BCUT2D eigenvalue weighted by Gasteiger charge is 2.39. The molecular formula is C22H21FN4O3S. The summed E-state index contributed by atoms with van der Waals surface area (Å²) in [5, 5.41) is 10.8. The minimum absolute atomic E-state index is 0.0607. The number of carbonyl (C=O) groups is 2. The molecule has 31 heavy (non-hydrogen) atoms. The Morgan fingerprint density at radius 2 is 2.03 bits per heavy atom. The highest BCUT2D eigenvalue weighted by atomic mass is 32.1. The third-order valence-electron chi connectivity index (χ3n) is 5.05. The first kappa shape index (κ1) is 21.1. The van der Waals surface area contributed by atoms with E-state index in [1.54, 1.807) is 31.5 Å². The van der Waals surface area contributed by atoms with Crippen LogP contribution < -0.4 is 4.90 Å². The van der Waals surface area contributed by atoms with E-state index >= 15 is 0 Å². The van der Waals surface area contributed by atoms with Crippen LogP contribution in [-0.2, 0) is 13.0 Å². The van der Waals surface area contributed by atoms with Gasteiger partial charge in [0.05, 0.1) is 17.1 Å². The van der Waals surface area contributed by atoms with E-state index < -0.39 is 12.3 Å². The number of hydrogen-bond donors (Lipinski definition) is 1. The molecule has 2 amide bonds. The van der Waals surface area contributed by atoms with Crippen molar-refractivity contribution in [3.8, 4) is 0 Å². The van der Waals surface area contributed by atoms with Gasteiger partial charge in [0, 0.05) is 25.4 Å². The van der Waals surface area contributed by atoms with Crippen molar-refractivity contribution in [3.63, 3.8) is 0 Å². The Morgan fingerprint density at radius 3 is 2.74 bits per heavy atom. The number of benzene rings is 1. The molecular weight excluding hydrogens is 419 g/mol. The van der Waals surface area contributed by atoms with Gasteiger partial charge in [0.15, 0.2) is 17.1 Å². The van der Waals surface area contributed by atoms with E-state index in [0.29, 0.717) is 28.5 Å². The maximum absolute atomic E-state index is 13.1. The van der Waals surface area contributed by atoms with E-state index in [-0.39, 0.29) is 24.7 Å². The number of Topliss-reactive ketones (excluding diaryl/α,β-unsaturated/α-hetero) is 1. The van der Waals surface area contributed by atoms with Gasteiger partial charge in [-0.25, -0.2) is 19.1 Å². The molecule has 0 aliphatic carbocycles. The Morgan fingerprint density at radius 1 is 1.26 bits per heavy atom. The van der Waals surface area contributed by atoms with Crippen molar-refractivity contribution in [2.75, 3.05) is 11.4 Å². The van der Waals surface area contributed by atoms with E-state index in [1.807, 2.05) is 12.1 Å². The zero-order valence-corrected chi connectivity index (χ0v) is 17.7. The van der Waals surface area contributed by atoms with Gasteiger partial charge in [-0.05, 0) is 42.7 Å². The predicted molar refractivity (Wildman–Crippen MR) is 114 cm³/mol. The Hall–Kier alpha value is -3.17. The van der Waals surface area contributed by atoms with Crippen molar-refractivity contribution in [2.45, 2.75) is 32.5 Å². The number of halogens is 1. The Balaban J connectivity index is 1.46. The van der Waals surface area contributed by atoms with Crippen LogP contribution in [0.2, 0.25) is 0 Å². The number of carbonyl (C=O) groups excluding carboxylic acids is 2. The lowest BCUT2D eigenvalue weighted by atomic mass is 10.1. The first-order valence-electron chi connectivity index (χ1n) is 9.82. The van der Waals surface area contributed by atoms with Crippen LogP contribution in [0.15, 0.2) is 48.8 Å². The number of aliphatic hydroxyl groups excluding tert-OH is 1. The van der Waals surface area contributed by atoms with Crippen LogP contribution in [0.1, 0.15) is 32.9 Å².